The van der Waals surface area contributed by atoms with Crippen LogP contribution < -0.4 is 14.2 Å². The third-order valence-corrected chi connectivity index (χ3v) is 2.71. The second-order valence-corrected chi connectivity index (χ2v) is 3.84. The summed E-state index contributed by atoms with van der Waals surface area (Å²) in [5.74, 6) is 1.52. The molecule has 0 bridgehead atoms. The van der Waals surface area contributed by atoms with Crippen LogP contribution in [0.4, 0.5) is 0 Å². The van der Waals surface area contributed by atoms with E-state index < -0.39 is 6.10 Å². The largest absolute Gasteiger partial charge is 0.493 e. The average molecular weight is 256 g/mol. The Morgan fingerprint density at radius 3 is 2.00 bits per heavy atom. The van der Waals surface area contributed by atoms with Crippen molar-refractivity contribution in [2.45, 2.75) is 18.9 Å². The van der Waals surface area contributed by atoms with Crippen LogP contribution in [0.25, 0.3) is 0 Å². The lowest BCUT2D eigenvalue weighted by atomic mass is 10.0. The highest BCUT2D eigenvalue weighted by atomic mass is 16.5. The molecule has 5 heteroatoms. The van der Waals surface area contributed by atoms with Gasteiger partial charge in [0.1, 0.15) is 0 Å². The summed E-state index contributed by atoms with van der Waals surface area (Å²) in [5.41, 5.74) is 0.679. The Labute approximate surface area is 107 Å². The second-order valence-electron chi connectivity index (χ2n) is 3.84. The van der Waals surface area contributed by atoms with Crippen molar-refractivity contribution < 1.29 is 24.4 Å². The van der Waals surface area contributed by atoms with Crippen molar-refractivity contribution in [1.82, 2.24) is 0 Å². The van der Waals surface area contributed by atoms with Gasteiger partial charge in [-0.2, -0.15) is 0 Å². The van der Waals surface area contributed by atoms with E-state index in [9.17, 15) is 5.11 Å². The molecular formula is C13H20O5. The fourth-order valence-corrected chi connectivity index (χ4v) is 1.75. The van der Waals surface area contributed by atoms with Gasteiger partial charge in [-0.15, -0.1) is 0 Å². The van der Waals surface area contributed by atoms with Gasteiger partial charge < -0.3 is 24.4 Å². The third kappa shape index (κ3) is 3.27. The lowest BCUT2D eigenvalue weighted by molar-refractivity contribution is 0.151. The molecule has 1 unspecified atom stereocenters. The fraction of sp³-hybridized carbons (Fsp3) is 0.538. The second kappa shape index (κ2) is 7.08. The number of aliphatic hydroxyl groups is 2. The first-order valence-electron chi connectivity index (χ1n) is 5.76. The molecule has 1 aromatic rings. The molecule has 2 N–H and O–H groups in total. The first-order chi connectivity index (χ1) is 8.67. The molecule has 0 aliphatic rings. The van der Waals surface area contributed by atoms with Crippen LogP contribution in [0.15, 0.2) is 12.1 Å². The number of rotatable bonds is 7. The summed E-state index contributed by atoms with van der Waals surface area (Å²) in [4.78, 5) is 0. The monoisotopic (exact) mass is 256 g/mol. The van der Waals surface area contributed by atoms with E-state index in [1.54, 1.807) is 12.1 Å². The molecule has 1 rings (SSSR count). The molecule has 0 aliphatic heterocycles. The van der Waals surface area contributed by atoms with Gasteiger partial charge in [-0.25, -0.2) is 0 Å². The molecule has 0 amide bonds. The summed E-state index contributed by atoms with van der Waals surface area (Å²) in [6.45, 7) is 0.0570. The minimum Gasteiger partial charge on any atom is -0.493 e. The molecule has 18 heavy (non-hydrogen) atoms. The maximum Gasteiger partial charge on any atom is 0.203 e. The molecule has 5 nitrogen and oxygen atoms in total. The lowest BCUT2D eigenvalue weighted by Gasteiger charge is -2.16. The highest BCUT2D eigenvalue weighted by Gasteiger charge is 2.16. The molecule has 1 aromatic carbocycles. The zero-order valence-corrected chi connectivity index (χ0v) is 11.0. The van der Waals surface area contributed by atoms with E-state index in [1.165, 1.54) is 21.3 Å². The van der Waals surface area contributed by atoms with Crippen molar-refractivity contribution >= 4 is 0 Å². The van der Waals surface area contributed by atoms with Gasteiger partial charge in [0.05, 0.1) is 27.4 Å². The van der Waals surface area contributed by atoms with Gasteiger partial charge in [0.2, 0.25) is 5.75 Å². The minimum absolute atomic E-state index is 0.0570. The summed E-state index contributed by atoms with van der Waals surface area (Å²) in [5, 5.41) is 18.8. The van der Waals surface area contributed by atoms with Crippen molar-refractivity contribution in [2.75, 3.05) is 27.9 Å². The number of aliphatic hydroxyl groups excluding tert-OH is 2. The number of hydrogen-bond acceptors (Lipinski definition) is 5. The number of methoxy groups -OCH3 is 3. The third-order valence-electron chi connectivity index (χ3n) is 2.71. The van der Waals surface area contributed by atoms with Crippen LogP contribution in [0.3, 0.4) is 0 Å². The van der Waals surface area contributed by atoms with Gasteiger partial charge in [0.25, 0.3) is 0 Å². The lowest BCUT2D eigenvalue weighted by Crippen LogP contribution is -2.02. The summed E-state index contributed by atoms with van der Waals surface area (Å²) in [6.07, 6.45) is 0.360. The normalized spacial score (nSPS) is 12.1. The minimum atomic E-state index is -0.661. The topological polar surface area (TPSA) is 68.2 Å². The molecule has 0 fully saturated rings. The number of benzene rings is 1. The molecule has 0 aromatic heterocycles. The van der Waals surface area contributed by atoms with E-state index in [0.29, 0.717) is 35.7 Å². The van der Waals surface area contributed by atoms with Crippen molar-refractivity contribution in [3.05, 3.63) is 17.7 Å². The van der Waals surface area contributed by atoms with Crippen molar-refractivity contribution in [1.29, 1.82) is 0 Å². The molecule has 0 saturated carbocycles. The molecule has 0 saturated heterocycles. The van der Waals surface area contributed by atoms with Crippen LogP contribution in [0.5, 0.6) is 17.2 Å². The van der Waals surface area contributed by atoms with Gasteiger partial charge in [0.15, 0.2) is 11.5 Å². The summed E-state index contributed by atoms with van der Waals surface area (Å²) < 4.78 is 15.6. The SMILES string of the molecule is COc1cc(C(O)CCCO)cc(OC)c1OC. The Morgan fingerprint density at radius 1 is 1.06 bits per heavy atom. The van der Waals surface area contributed by atoms with E-state index in [0.717, 1.165) is 0 Å². The van der Waals surface area contributed by atoms with Gasteiger partial charge in [-0.05, 0) is 30.5 Å². The first kappa shape index (κ1) is 14.6. The van der Waals surface area contributed by atoms with Crippen LogP contribution in [-0.4, -0.2) is 38.1 Å². The summed E-state index contributed by atoms with van der Waals surface area (Å²) in [7, 11) is 4.59. The maximum atomic E-state index is 9.99. The van der Waals surface area contributed by atoms with Crippen molar-refractivity contribution in [3.63, 3.8) is 0 Å². The number of hydrogen-bond donors (Lipinski definition) is 2. The Morgan fingerprint density at radius 2 is 1.61 bits per heavy atom. The quantitative estimate of drug-likeness (QED) is 0.774. The maximum absolute atomic E-state index is 9.99. The van der Waals surface area contributed by atoms with E-state index in [4.69, 9.17) is 19.3 Å². The summed E-state index contributed by atoms with van der Waals surface area (Å²) in [6, 6.07) is 3.42. The standard InChI is InChI=1S/C13H20O5/c1-16-11-7-9(10(15)5-4-6-14)8-12(17-2)13(11)18-3/h7-8,10,14-15H,4-6H2,1-3H3. The molecule has 0 aliphatic carbocycles. The van der Waals surface area contributed by atoms with Gasteiger partial charge in [-0.1, -0.05) is 0 Å². The molecule has 0 spiro atoms. The van der Waals surface area contributed by atoms with Crippen molar-refractivity contribution in [3.8, 4) is 17.2 Å². The zero-order valence-electron chi connectivity index (χ0n) is 11.0. The Bertz CT molecular complexity index is 353. The summed E-state index contributed by atoms with van der Waals surface area (Å²) >= 11 is 0. The predicted molar refractivity (Wildman–Crippen MR) is 67.4 cm³/mol. The zero-order chi connectivity index (χ0) is 13.5. The van der Waals surface area contributed by atoms with E-state index in [2.05, 4.69) is 0 Å². The predicted octanol–water partition coefficient (Wildman–Crippen LogP) is 1.52. The van der Waals surface area contributed by atoms with Crippen LogP contribution in [0.2, 0.25) is 0 Å². The Kier molecular flexibility index (Phi) is 5.74. The van der Waals surface area contributed by atoms with Gasteiger partial charge in [-0.3, -0.25) is 0 Å². The molecular weight excluding hydrogens is 236 g/mol. The number of ether oxygens (including phenoxy) is 3. The fourth-order valence-electron chi connectivity index (χ4n) is 1.75. The van der Waals surface area contributed by atoms with Gasteiger partial charge in [0, 0.05) is 6.61 Å². The smallest absolute Gasteiger partial charge is 0.203 e. The van der Waals surface area contributed by atoms with E-state index in [1.807, 2.05) is 0 Å². The van der Waals surface area contributed by atoms with E-state index in [-0.39, 0.29) is 6.61 Å². The molecule has 1 atom stereocenters. The molecule has 0 radical (unpaired) electrons. The van der Waals surface area contributed by atoms with Gasteiger partial charge >= 0.3 is 0 Å². The highest BCUT2D eigenvalue weighted by Crippen LogP contribution is 2.40. The molecule has 0 heterocycles. The average Bonchev–Trinajstić information content (AvgIpc) is 2.42. The van der Waals surface area contributed by atoms with Crippen LogP contribution in [-0.2, 0) is 0 Å². The van der Waals surface area contributed by atoms with Crippen LogP contribution in [0.1, 0.15) is 24.5 Å². The Hall–Kier alpha value is -1.46. The highest BCUT2D eigenvalue weighted by molar-refractivity contribution is 5.54. The Balaban J connectivity index is 3.06. The van der Waals surface area contributed by atoms with Crippen LogP contribution >= 0.6 is 0 Å². The first-order valence-corrected chi connectivity index (χ1v) is 5.76. The van der Waals surface area contributed by atoms with Crippen LogP contribution in [0, 0.1) is 0 Å². The molecule has 102 valence electrons. The van der Waals surface area contributed by atoms with Crippen molar-refractivity contribution in [2.24, 2.45) is 0 Å². The van der Waals surface area contributed by atoms with E-state index >= 15 is 0 Å².